The van der Waals surface area contributed by atoms with Crippen molar-refractivity contribution < 1.29 is 21.6 Å². The smallest absolute Gasteiger partial charge is 0.269 e. The second-order valence-corrected chi connectivity index (χ2v) is 8.30. The maximum Gasteiger partial charge on any atom is 0.435 e. The minimum Gasteiger partial charge on any atom is -0.269 e. The van der Waals surface area contributed by atoms with Crippen LogP contribution >= 0.6 is 34.8 Å². The molecule has 12 heteroatoms. The van der Waals surface area contributed by atoms with Gasteiger partial charge in [-0.2, -0.15) is 18.3 Å². The normalized spacial score (nSPS) is 12.6. The summed E-state index contributed by atoms with van der Waals surface area (Å²) in [4.78, 5) is -0.233. The number of hydrogen-bond donors (Lipinski definition) is 1. The van der Waals surface area contributed by atoms with Crippen molar-refractivity contribution in [2.45, 2.75) is 31.0 Å². The van der Waals surface area contributed by atoms with Gasteiger partial charge in [0.2, 0.25) is 10.0 Å². The lowest BCUT2D eigenvalue weighted by molar-refractivity contribution is -0.141. The van der Waals surface area contributed by atoms with Crippen molar-refractivity contribution in [3.63, 3.8) is 0 Å². The highest BCUT2D eigenvalue weighted by Gasteiger charge is 2.34. The van der Waals surface area contributed by atoms with Gasteiger partial charge in [0, 0.05) is 18.8 Å². The van der Waals surface area contributed by atoms with Crippen LogP contribution in [-0.4, -0.2) is 24.7 Å². The van der Waals surface area contributed by atoms with Gasteiger partial charge in [-0.15, -0.1) is 0 Å². The van der Waals surface area contributed by atoms with Crippen molar-refractivity contribution in [1.29, 1.82) is 0 Å². The number of hydrogen-bond acceptors (Lipinski definition) is 3. The number of rotatable bonds is 6. The molecule has 0 aliphatic rings. The van der Waals surface area contributed by atoms with E-state index in [2.05, 4.69) is 9.82 Å². The summed E-state index contributed by atoms with van der Waals surface area (Å²) in [7, 11) is -3.95. The topological polar surface area (TPSA) is 64.0 Å². The van der Waals surface area contributed by atoms with Crippen LogP contribution < -0.4 is 4.72 Å². The van der Waals surface area contributed by atoms with Crippen LogP contribution in [-0.2, 0) is 22.7 Å². The maximum absolute atomic E-state index is 12.6. The molecule has 0 atom stereocenters. The molecular formula is C14H13Cl3F3N3O2S. The number of benzene rings is 1. The Morgan fingerprint density at radius 2 is 1.73 bits per heavy atom. The molecule has 2 aromatic rings. The standard InChI is InChI=1S/C14H13Cl3F3N3O2S/c1-8-5-13(14(18,19)20)22-23(8)4-2-3-21-26(24,25)12-7-10(16)9(15)6-11(12)17/h5-7,21H,2-4H2,1H3. The number of nitrogens with zero attached hydrogens (tertiary/aromatic N) is 2. The van der Waals surface area contributed by atoms with Crippen LogP contribution in [0, 0.1) is 6.92 Å². The third-order valence-electron chi connectivity index (χ3n) is 3.37. The van der Waals surface area contributed by atoms with Crippen molar-refractivity contribution in [2.75, 3.05) is 6.54 Å². The van der Waals surface area contributed by atoms with E-state index in [0.29, 0.717) is 5.69 Å². The van der Waals surface area contributed by atoms with Crippen LogP contribution in [0.1, 0.15) is 17.8 Å². The fraction of sp³-hybridized carbons (Fsp3) is 0.357. The lowest BCUT2D eigenvalue weighted by Crippen LogP contribution is -2.26. The van der Waals surface area contributed by atoms with Gasteiger partial charge in [0.15, 0.2) is 5.69 Å². The summed E-state index contributed by atoms with van der Waals surface area (Å²) in [5.41, 5.74) is -0.661. The van der Waals surface area contributed by atoms with Crippen molar-refractivity contribution in [3.8, 4) is 0 Å². The Balaban J connectivity index is 2.00. The molecule has 0 spiro atoms. The van der Waals surface area contributed by atoms with E-state index in [4.69, 9.17) is 34.8 Å². The van der Waals surface area contributed by atoms with Gasteiger partial charge in [-0.1, -0.05) is 34.8 Å². The first-order chi connectivity index (χ1) is 11.9. The summed E-state index contributed by atoms with van der Waals surface area (Å²) in [5.74, 6) is 0. The van der Waals surface area contributed by atoms with Crippen LogP contribution in [0.4, 0.5) is 13.2 Å². The first kappa shape index (κ1) is 21.3. The van der Waals surface area contributed by atoms with Crippen LogP contribution in [0.3, 0.4) is 0 Å². The first-order valence-electron chi connectivity index (χ1n) is 7.17. The Bertz CT molecular complexity index is 914. The van der Waals surface area contributed by atoms with E-state index in [0.717, 1.165) is 12.1 Å². The van der Waals surface area contributed by atoms with Gasteiger partial charge >= 0.3 is 6.18 Å². The van der Waals surface area contributed by atoms with Crippen molar-refractivity contribution >= 4 is 44.8 Å². The molecule has 26 heavy (non-hydrogen) atoms. The number of aromatic nitrogens is 2. The number of nitrogens with one attached hydrogen (secondary N) is 1. The molecule has 0 bridgehead atoms. The average Bonchev–Trinajstić information content (AvgIpc) is 2.88. The molecule has 0 radical (unpaired) electrons. The number of alkyl halides is 3. The number of halogens is 6. The van der Waals surface area contributed by atoms with Crippen LogP contribution in [0.25, 0.3) is 0 Å². The predicted molar refractivity (Wildman–Crippen MR) is 93.2 cm³/mol. The molecule has 2 rings (SSSR count). The van der Waals surface area contributed by atoms with Crippen LogP contribution in [0.2, 0.25) is 15.1 Å². The molecule has 0 amide bonds. The lowest BCUT2D eigenvalue weighted by atomic mass is 10.3. The Kier molecular flexibility index (Phi) is 6.50. The molecule has 0 fully saturated rings. The highest BCUT2D eigenvalue weighted by atomic mass is 35.5. The van der Waals surface area contributed by atoms with Crippen molar-refractivity contribution in [2.24, 2.45) is 0 Å². The van der Waals surface area contributed by atoms with Gasteiger partial charge in [-0.05, 0) is 31.5 Å². The second-order valence-electron chi connectivity index (χ2n) is 5.34. The van der Waals surface area contributed by atoms with Crippen LogP contribution in [0.15, 0.2) is 23.1 Å². The molecule has 0 saturated carbocycles. The Labute approximate surface area is 163 Å². The minimum absolute atomic E-state index is 0.0282. The van der Waals surface area contributed by atoms with E-state index in [9.17, 15) is 21.6 Å². The summed E-state index contributed by atoms with van der Waals surface area (Å²) in [6.45, 7) is 1.57. The Morgan fingerprint density at radius 3 is 2.31 bits per heavy atom. The molecular weight excluding hydrogens is 438 g/mol. The quantitative estimate of drug-likeness (QED) is 0.519. The molecule has 1 aromatic carbocycles. The largest absolute Gasteiger partial charge is 0.435 e. The molecule has 144 valence electrons. The zero-order valence-electron chi connectivity index (χ0n) is 13.2. The summed E-state index contributed by atoms with van der Waals surface area (Å²) >= 11 is 17.4. The maximum atomic E-state index is 12.6. The van der Waals surface area contributed by atoms with Gasteiger partial charge in [0.1, 0.15) is 4.90 Å². The molecule has 5 nitrogen and oxygen atoms in total. The fourth-order valence-corrected chi connectivity index (χ4v) is 4.17. The molecule has 1 aromatic heterocycles. The molecule has 1 heterocycles. The molecule has 1 N–H and O–H groups in total. The van der Waals surface area contributed by atoms with Gasteiger partial charge in [-0.3, -0.25) is 4.68 Å². The monoisotopic (exact) mass is 449 g/mol. The Hall–Kier alpha value is -1.000. The van der Waals surface area contributed by atoms with E-state index in [-0.39, 0.29) is 39.5 Å². The van der Waals surface area contributed by atoms with E-state index in [1.165, 1.54) is 17.7 Å². The van der Waals surface area contributed by atoms with Gasteiger partial charge in [0.25, 0.3) is 0 Å². The molecule has 0 unspecified atom stereocenters. The summed E-state index contributed by atoms with van der Waals surface area (Å²) in [5, 5.41) is 3.52. The Morgan fingerprint density at radius 1 is 1.12 bits per heavy atom. The third kappa shape index (κ3) is 5.04. The number of sulfonamides is 1. The fourth-order valence-electron chi connectivity index (χ4n) is 2.10. The zero-order chi connectivity index (χ0) is 19.7. The highest BCUT2D eigenvalue weighted by Crippen LogP contribution is 2.31. The molecule has 0 saturated heterocycles. The third-order valence-corrected chi connectivity index (χ3v) is 6.02. The van der Waals surface area contributed by atoms with E-state index >= 15 is 0 Å². The SMILES string of the molecule is Cc1cc(C(F)(F)F)nn1CCCNS(=O)(=O)c1cc(Cl)c(Cl)cc1Cl. The second kappa shape index (κ2) is 7.93. The van der Waals surface area contributed by atoms with E-state index in [1.54, 1.807) is 0 Å². The number of aryl methyl sites for hydroxylation is 2. The first-order valence-corrected chi connectivity index (χ1v) is 9.79. The van der Waals surface area contributed by atoms with Gasteiger partial charge in [0.05, 0.1) is 15.1 Å². The van der Waals surface area contributed by atoms with Gasteiger partial charge < -0.3 is 0 Å². The average molecular weight is 451 g/mol. The van der Waals surface area contributed by atoms with E-state index in [1.807, 2.05) is 0 Å². The summed E-state index contributed by atoms with van der Waals surface area (Å²) in [6, 6.07) is 3.27. The summed E-state index contributed by atoms with van der Waals surface area (Å²) < 4.78 is 65.8. The lowest BCUT2D eigenvalue weighted by Gasteiger charge is -2.10. The van der Waals surface area contributed by atoms with Crippen molar-refractivity contribution in [1.82, 2.24) is 14.5 Å². The molecule has 0 aliphatic carbocycles. The van der Waals surface area contributed by atoms with Crippen molar-refractivity contribution in [3.05, 3.63) is 44.7 Å². The predicted octanol–water partition coefficient (Wildman–Crippen LogP) is 4.54. The van der Waals surface area contributed by atoms with E-state index < -0.39 is 21.9 Å². The molecule has 0 aliphatic heterocycles. The van der Waals surface area contributed by atoms with Gasteiger partial charge in [-0.25, -0.2) is 13.1 Å². The minimum atomic E-state index is -4.53. The highest BCUT2D eigenvalue weighted by molar-refractivity contribution is 7.89. The zero-order valence-corrected chi connectivity index (χ0v) is 16.3. The van der Waals surface area contributed by atoms with Crippen LogP contribution in [0.5, 0.6) is 0 Å². The summed E-state index contributed by atoms with van der Waals surface area (Å²) in [6.07, 6.45) is -4.31.